The number of aliphatic hydroxyl groups excluding tert-OH is 1. The van der Waals surface area contributed by atoms with Gasteiger partial charge in [-0.05, 0) is 11.8 Å². The van der Waals surface area contributed by atoms with Crippen LogP contribution in [0, 0.1) is 5.41 Å². The molecular weight excluding hydrogens is 278 g/mol. The summed E-state index contributed by atoms with van der Waals surface area (Å²) in [6, 6.07) is 9.81. The topological polar surface area (TPSA) is 62.4 Å². The largest absolute Gasteiger partial charge is 0.396 e. The molecule has 0 amide bonds. The average molecular weight is 303 g/mol. The van der Waals surface area contributed by atoms with E-state index in [2.05, 4.69) is 35.8 Å². The highest BCUT2D eigenvalue weighted by atomic mass is 16.5. The van der Waals surface area contributed by atoms with Crippen LogP contribution in [0.25, 0.3) is 11.4 Å². The molecule has 22 heavy (non-hydrogen) atoms. The molecule has 0 aliphatic heterocycles. The summed E-state index contributed by atoms with van der Waals surface area (Å²) in [5.74, 6) is 1.23. The molecule has 120 valence electrons. The van der Waals surface area contributed by atoms with Crippen LogP contribution in [0.5, 0.6) is 0 Å². The van der Waals surface area contributed by atoms with E-state index < -0.39 is 0 Å². The Hall–Kier alpha value is -1.72. The highest BCUT2D eigenvalue weighted by molar-refractivity contribution is 5.53. The van der Waals surface area contributed by atoms with Crippen molar-refractivity contribution in [2.45, 2.75) is 33.7 Å². The van der Waals surface area contributed by atoms with E-state index >= 15 is 0 Å². The Morgan fingerprint density at radius 1 is 1.18 bits per heavy atom. The van der Waals surface area contributed by atoms with Gasteiger partial charge in [-0.25, -0.2) is 0 Å². The van der Waals surface area contributed by atoms with Crippen LogP contribution in [-0.4, -0.2) is 39.8 Å². The molecule has 5 nitrogen and oxygen atoms in total. The van der Waals surface area contributed by atoms with E-state index in [1.54, 1.807) is 0 Å². The second-order valence-corrected chi connectivity index (χ2v) is 6.73. The van der Waals surface area contributed by atoms with Gasteiger partial charge in [0.25, 0.3) is 0 Å². The number of hydrogen-bond acceptors (Lipinski definition) is 5. The Morgan fingerprint density at radius 3 is 2.55 bits per heavy atom. The Kier molecular flexibility index (Phi) is 5.69. The molecule has 1 N–H and O–H groups in total. The Balaban J connectivity index is 2.05. The van der Waals surface area contributed by atoms with E-state index in [-0.39, 0.29) is 12.0 Å². The summed E-state index contributed by atoms with van der Waals surface area (Å²) in [7, 11) is 0. The lowest BCUT2D eigenvalue weighted by Gasteiger charge is -2.28. The fourth-order valence-electron chi connectivity index (χ4n) is 2.39. The smallest absolute Gasteiger partial charge is 0.241 e. The Bertz CT molecular complexity index is 561. The Labute approximate surface area is 132 Å². The monoisotopic (exact) mass is 303 g/mol. The number of aliphatic hydroxyl groups is 1. The molecule has 0 fully saturated rings. The minimum Gasteiger partial charge on any atom is -0.396 e. The minimum absolute atomic E-state index is 0.178. The van der Waals surface area contributed by atoms with Crippen LogP contribution in [-0.2, 0) is 6.54 Å². The van der Waals surface area contributed by atoms with Crippen molar-refractivity contribution in [3.63, 3.8) is 0 Å². The summed E-state index contributed by atoms with van der Waals surface area (Å²) in [4.78, 5) is 6.72. The van der Waals surface area contributed by atoms with Gasteiger partial charge in [0, 0.05) is 25.3 Å². The second-order valence-electron chi connectivity index (χ2n) is 6.73. The van der Waals surface area contributed by atoms with Crippen molar-refractivity contribution >= 4 is 0 Å². The SMILES string of the molecule is CC(C)(C)CN(CCCO)Cc1nc(-c2ccccc2)no1. The lowest BCUT2D eigenvalue weighted by Crippen LogP contribution is -2.33. The van der Waals surface area contributed by atoms with E-state index in [1.807, 2.05) is 30.3 Å². The maximum absolute atomic E-state index is 9.05. The van der Waals surface area contributed by atoms with E-state index in [1.165, 1.54) is 0 Å². The van der Waals surface area contributed by atoms with Crippen molar-refractivity contribution in [3.8, 4) is 11.4 Å². The van der Waals surface area contributed by atoms with Crippen molar-refractivity contribution in [3.05, 3.63) is 36.2 Å². The third-order valence-electron chi connectivity index (χ3n) is 3.19. The van der Waals surface area contributed by atoms with E-state index in [0.717, 1.165) is 25.1 Å². The molecule has 0 unspecified atom stereocenters. The van der Waals surface area contributed by atoms with Gasteiger partial charge in [0.05, 0.1) is 6.54 Å². The normalized spacial score (nSPS) is 12.0. The van der Waals surface area contributed by atoms with Gasteiger partial charge in [-0.15, -0.1) is 0 Å². The summed E-state index contributed by atoms with van der Waals surface area (Å²) >= 11 is 0. The molecule has 1 aromatic carbocycles. The number of nitrogens with zero attached hydrogens (tertiary/aromatic N) is 3. The van der Waals surface area contributed by atoms with E-state index in [0.29, 0.717) is 18.3 Å². The average Bonchev–Trinajstić information content (AvgIpc) is 2.93. The molecule has 0 bridgehead atoms. The zero-order valence-corrected chi connectivity index (χ0v) is 13.6. The predicted octanol–water partition coefficient (Wildman–Crippen LogP) is 2.97. The van der Waals surface area contributed by atoms with Gasteiger partial charge < -0.3 is 9.63 Å². The van der Waals surface area contributed by atoms with Gasteiger partial charge in [0.15, 0.2) is 0 Å². The summed E-state index contributed by atoms with van der Waals surface area (Å²) in [6.07, 6.45) is 0.746. The van der Waals surface area contributed by atoms with Crippen LogP contribution in [0.2, 0.25) is 0 Å². The zero-order chi connectivity index (χ0) is 16.0. The minimum atomic E-state index is 0.178. The fourth-order valence-corrected chi connectivity index (χ4v) is 2.39. The summed E-state index contributed by atoms with van der Waals surface area (Å²) in [5, 5.41) is 13.1. The number of aromatic nitrogens is 2. The zero-order valence-electron chi connectivity index (χ0n) is 13.6. The summed E-state index contributed by atoms with van der Waals surface area (Å²) < 4.78 is 5.38. The predicted molar refractivity (Wildman–Crippen MR) is 86.2 cm³/mol. The van der Waals surface area contributed by atoms with Crippen molar-refractivity contribution in [1.82, 2.24) is 15.0 Å². The maximum Gasteiger partial charge on any atom is 0.241 e. The molecular formula is C17H25N3O2. The highest BCUT2D eigenvalue weighted by Gasteiger charge is 2.19. The van der Waals surface area contributed by atoms with Gasteiger partial charge in [-0.3, -0.25) is 4.90 Å². The molecule has 5 heteroatoms. The first-order chi connectivity index (χ1) is 10.5. The number of benzene rings is 1. The quantitative estimate of drug-likeness (QED) is 0.852. The third kappa shape index (κ3) is 5.24. The third-order valence-corrected chi connectivity index (χ3v) is 3.19. The molecule has 1 heterocycles. The molecule has 0 saturated carbocycles. The van der Waals surface area contributed by atoms with Crippen molar-refractivity contribution in [1.29, 1.82) is 0 Å². The second kappa shape index (κ2) is 7.51. The summed E-state index contributed by atoms with van der Waals surface area (Å²) in [5.41, 5.74) is 1.13. The van der Waals surface area contributed by atoms with Crippen LogP contribution in [0.15, 0.2) is 34.9 Å². The van der Waals surface area contributed by atoms with Crippen LogP contribution in [0.4, 0.5) is 0 Å². The lowest BCUT2D eigenvalue weighted by atomic mass is 9.96. The van der Waals surface area contributed by atoms with Crippen LogP contribution in [0.1, 0.15) is 33.1 Å². The standard InChI is InChI=1S/C17H25N3O2/c1-17(2,3)13-20(10-7-11-21)12-15-18-16(19-22-15)14-8-5-4-6-9-14/h4-6,8-9,21H,7,10-13H2,1-3H3. The van der Waals surface area contributed by atoms with Gasteiger partial charge in [-0.2, -0.15) is 4.98 Å². The lowest BCUT2D eigenvalue weighted by molar-refractivity contribution is 0.150. The molecule has 2 aromatic rings. The molecule has 1 aromatic heterocycles. The van der Waals surface area contributed by atoms with E-state index in [4.69, 9.17) is 9.63 Å². The first-order valence-electron chi connectivity index (χ1n) is 7.69. The molecule has 2 rings (SSSR count). The number of rotatable bonds is 7. The molecule has 0 radical (unpaired) electrons. The fraction of sp³-hybridized carbons (Fsp3) is 0.529. The van der Waals surface area contributed by atoms with E-state index in [9.17, 15) is 0 Å². The molecule has 0 atom stereocenters. The van der Waals surface area contributed by atoms with Crippen LogP contribution in [0.3, 0.4) is 0 Å². The first kappa shape index (κ1) is 16.6. The summed E-state index contributed by atoms with van der Waals surface area (Å²) in [6.45, 7) is 9.12. The molecule has 0 aliphatic rings. The van der Waals surface area contributed by atoms with Crippen LogP contribution >= 0.6 is 0 Å². The van der Waals surface area contributed by atoms with Crippen molar-refractivity contribution in [2.75, 3.05) is 19.7 Å². The number of hydrogen-bond donors (Lipinski definition) is 1. The van der Waals surface area contributed by atoms with Crippen molar-refractivity contribution < 1.29 is 9.63 Å². The molecule has 0 saturated heterocycles. The maximum atomic E-state index is 9.05. The van der Waals surface area contributed by atoms with Gasteiger partial charge in [-0.1, -0.05) is 56.3 Å². The highest BCUT2D eigenvalue weighted by Crippen LogP contribution is 2.19. The van der Waals surface area contributed by atoms with Crippen molar-refractivity contribution in [2.24, 2.45) is 5.41 Å². The first-order valence-corrected chi connectivity index (χ1v) is 7.69. The molecule has 0 spiro atoms. The van der Waals surface area contributed by atoms with Gasteiger partial charge in [0.1, 0.15) is 0 Å². The van der Waals surface area contributed by atoms with Gasteiger partial charge >= 0.3 is 0 Å². The van der Waals surface area contributed by atoms with Gasteiger partial charge in [0.2, 0.25) is 11.7 Å². The Morgan fingerprint density at radius 2 is 1.91 bits per heavy atom. The molecule has 0 aliphatic carbocycles. The van der Waals surface area contributed by atoms with Crippen LogP contribution < -0.4 is 0 Å².